The van der Waals surface area contributed by atoms with E-state index in [2.05, 4.69) is 44.0 Å². The van der Waals surface area contributed by atoms with Crippen LogP contribution in [0.2, 0.25) is 0 Å². The van der Waals surface area contributed by atoms with Gasteiger partial charge in [0.2, 0.25) is 0 Å². The van der Waals surface area contributed by atoms with Gasteiger partial charge in [-0.25, -0.2) is 0 Å². The van der Waals surface area contributed by atoms with E-state index in [1.54, 1.807) is 7.11 Å². The summed E-state index contributed by atoms with van der Waals surface area (Å²) in [7, 11) is 1.66. The number of aliphatic hydroxyl groups is 1. The normalized spacial score (nSPS) is 12.2. The zero-order valence-corrected chi connectivity index (χ0v) is 15.0. The van der Waals surface area contributed by atoms with Crippen LogP contribution in [0, 0.1) is 5.92 Å². The van der Waals surface area contributed by atoms with E-state index in [-0.39, 0.29) is 12.5 Å². The number of ether oxygens (including phenoxy) is 1. The molecule has 2 aromatic carbocycles. The Hall–Kier alpha value is -0.840. The maximum atomic E-state index is 9.66. The number of hydrogen-bond acceptors (Lipinski definition) is 2. The molecule has 0 saturated carbocycles. The van der Waals surface area contributed by atoms with Gasteiger partial charge in [0.15, 0.2) is 0 Å². The van der Waals surface area contributed by atoms with Crippen molar-refractivity contribution in [2.45, 2.75) is 12.8 Å². The average Bonchev–Trinajstić information content (AvgIpc) is 2.49. The van der Waals surface area contributed by atoms with Gasteiger partial charge in [-0.05, 0) is 64.0 Å². The third-order valence-electron chi connectivity index (χ3n) is 3.47. The van der Waals surface area contributed by atoms with Gasteiger partial charge in [0.05, 0.1) is 11.6 Å². The minimum Gasteiger partial charge on any atom is -0.496 e. The molecule has 1 unspecified atom stereocenters. The minimum absolute atomic E-state index is 0.172. The fourth-order valence-corrected chi connectivity index (χ4v) is 3.38. The first-order valence-electron chi connectivity index (χ1n) is 6.80. The molecule has 0 aliphatic carbocycles. The van der Waals surface area contributed by atoms with Crippen LogP contribution in [-0.4, -0.2) is 18.8 Å². The zero-order valence-electron chi connectivity index (χ0n) is 11.9. The van der Waals surface area contributed by atoms with E-state index in [4.69, 9.17) is 4.74 Å². The molecule has 1 N–H and O–H groups in total. The van der Waals surface area contributed by atoms with E-state index in [1.165, 1.54) is 11.1 Å². The predicted molar refractivity (Wildman–Crippen MR) is 92.8 cm³/mol. The van der Waals surface area contributed by atoms with Crippen molar-refractivity contribution in [2.24, 2.45) is 5.92 Å². The molecule has 0 spiro atoms. The van der Waals surface area contributed by atoms with Gasteiger partial charge in [-0.2, -0.15) is 0 Å². The molecule has 0 aliphatic heterocycles. The Kier molecular flexibility index (Phi) is 6.27. The predicted octanol–water partition coefficient (Wildman–Crippen LogP) is 4.61. The molecular weight excluding hydrogens is 396 g/mol. The van der Waals surface area contributed by atoms with Crippen LogP contribution in [0.3, 0.4) is 0 Å². The molecule has 2 rings (SSSR count). The molecule has 0 amide bonds. The van der Waals surface area contributed by atoms with E-state index in [9.17, 15) is 5.11 Å². The van der Waals surface area contributed by atoms with Crippen LogP contribution < -0.4 is 4.74 Å². The maximum absolute atomic E-state index is 9.66. The lowest BCUT2D eigenvalue weighted by Crippen LogP contribution is -2.13. The molecule has 4 heteroatoms. The number of hydrogen-bond donors (Lipinski definition) is 1. The Labute approximate surface area is 142 Å². The van der Waals surface area contributed by atoms with Crippen molar-refractivity contribution in [1.82, 2.24) is 0 Å². The van der Waals surface area contributed by atoms with Crippen molar-refractivity contribution in [3.63, 3.8) is 0 Å². The minimum atomic E-state index is 0.172. The summed E-state index contributed by atoms with van der Waals surface area (Å²) in [6.07, 6.45) is 1.68. The molecule has 0 bridgehead atoms. The molecule has 0 fully saturated rings. The van der Waals surface area contributed by atoms with Crippen molar-refractivity contribution in [3.8, 4) is 5.75 Å². The molecule has 21 heavy (non-hydrogen) atoms. The van der Waals surface area contributed by atoms with Crippen molar-refractivity contribution in [3.05, 3.63) is 62.5 Å². The van der Waals surface area contributed by atoms with Crippen LogP contribution in [0.5, 0.6) is 5.75 Å². The lowest BCUT2D eigenvalue weighted by atomic mass is 9.93. The summed E-state index contributed by atoms with van der Waals surface area (Å²) in [4.78, 5) is 0. The first kappa shape index (κ1) is 16.5. The topological polar surface area (TPSA) is 29.5 Å². The molecular formula is C17H18Br2O2. The van der Waals surface area contributed by atoms with Gasteiger partial charge < -0.3 is 9.84 Å². The number of benzene rings is 2. The number of aliphatic hydroxyl groups excluding tert-OH is 1. The number of methoxy groups -OCH3 is 1. The second kappa shape index (κ2) is 7.97. The summed E-state index contributed by atoms with van der Waals surface area (Å²) < 4.78 is 7.28. The van der Waals surface area contributed by atoms with E-state index in [0.29, 0.717) is 0 Å². The second-order valence-electron chi connectivity index (χ2n) is 5.02. The van der Waals surface area contributed by atoms with Gasteiger partial charge in [-0.3, -0.25) is 0 Å². The second-order valence-corrected chi connectivity index (χ2v) is 6.73. The molecule has 0 aliphatic rings. The van der Waals surface area contributed by atoms with E-state index in [0.717, 1.165) is 27.5 Å². The van der Waals surface area contributed by atoms with Crippen LogP contribution in [0.25, 0.3) is 0 Å². The Balaban J connectivity index is 2.09. The monoisotopic (exact) mass is 412 g/mol. The van der Waals surface area contributed by atoms with Gasteiger partial charge >= 0.3 is 0 Å². The highest BCUT2D eigenvalue weighted by molar-refractivity contribution is 9.10. The lowest BCUT2D eigenvalue weighted by Gasteiger charge is -2.16. The van der Waals surface area contributed by atoms with Crippen LogP contribution in [0.4, 0.5) is 0 Å². The highest BCUT2D eigenvalue weighted by atomic mass is 79.9. The Morgan fingerprint density at radius 2 is 1.81 bits per heavy atom. The van der Waals surface area contributed by atoms with Crippen LogP contribution >= 0.6 is 31.9 Å². The van der Waals surface area contributed by atoms with Crippen molar-refractivity contribution in [1.29, 1.82) is 0 Å². The van der Waals surface area contributed by atoms with Crippen molar-refractivity contribution < 1.29 is 9.84 Å². The highest BCUT2D eigenvalue weighted by Crippen LogP contribution is 2.27. The molecule has 112 valence electrons. The van der Waals surface area contributed by atoms with Gasteiger partial charge in [-0.15, -0.1) is 0 Å². The van der Waals surface area contributed by atoms with Crippen molar-refractivity contribution >= 4 is 31.9 Å². The third kappa shape index (κ3) is 4.56. The molecule has 1 atom stereocenters. The first-order valence-corrected chi connectivity index (χ1v) is 8.39. The van der Waals surface area contributed by atoms with E-state index >= 15 is 0 Å². The Bertz CT molecular complexity index is 599. The Morgan fingerprint density at radius 3 is 2.43 bits per heavy atom. The molecule has 0 aromatic heterocycles. The summed E-state index contributed by atoms with van der Waals surface area (Å²) in [5.74, 6) is 1.02. The Morgan fingerprint density at radius 1 is 1.05 bits per heavy atom. The van der Waals surface area contributed by atoms with E-state index in [1.807, 2.05) is 30.3 Å². The fourth-order valence-electron chi connectivity index (χ4n) is 2.35. The SMILES string of the molecule is COc1ccc(CC(CO)Cc2ccccc2Br)cc1Br. The summed E-state index contributed by atoms with van der Waals surface area (Å²) in [5, 5.41) is 9.66. The first-order chi connectivity index (χ1) is 10.1. The van der Waals surface area contributed by atoms with Crippen LogP contribution in [0.1, 0.15) is 11.1 Å². The largest absolute Gasteiger partial charge is 0.496 e. The number of halogens is 2. The summed E-state index contributed by atoms with van der Waals surface area (Å²) in [6, 6.07) is 14.2. The van der Waals surface area contributed by atoms with E-state index < -0.39 is 0 Å². The van der Waals surface area contributed by atoms with Gasteiger partial charge in [0.25, 0.3) is 0 Å². The molecule has 0 radical (unpaired) electrons. The van der Waals surface area contributed by atoms with Crippen LogP contribution in [-0.2, 0) is 12.8 Å². The maximum Gasteiger partial charge on any atom is 0.133 e. The molecule has 0 saturated heterocycles. The summed E-state index contributed by atoms with van der Waals surface area (Å²) in [6.45, 7) is 0.172. The smallest absolute Gasteiger partial charge is 0.133 e. The number of rotatable bonds is 6. The van der Waals surface area contributed by atoms with Crippen LogP contribution in [0.15, 0.2) is 51.4 Å². The van der Waals surface area contributed by atoms with Gasteiger partial charge in [0.1, 0.15) is 5.75 Å². The molecule has 2 aromatic rings. The summed E-state index contributed by atoms with van der Waals surface area (Å²) >= 11 is 7.07. The summed E-state index contributed by atoms with van der Waals surface area (Å²) in [5.41, 5.74) is 2.41. The van der Waals surface area contributed by atoms with Gasteiger partial charge in [0, 0.05) is 11.1 Å². The highest BCUT2D eigenvalue weighted by Gasteiger charge is 2.12. The quantitative estimate of drug-likeness (QED) is 0.748. The molecule has 2 nitrogen and oxygen atoms in total. The lowest BCUT2D eigenvalue weighted by molar-refractivity contribution is 0.225. The van der Waals surface area contributed by atoms with Gasteiger partial charge in [-0.1, -0.05) is 40.2 Å². The standard InChI is InChI=1S/C17H18Br2O2/c1-21-17-7-6-12(10-16(17)19)8-13(11-20)9-14-4-2-3-5-15(14)18/h2-7,10,13,20H,8-9,11H2,1H3. The average molecular weight is 414 g/mol. The third-order valence-corrected chi connectivity index (χ3v) is 4.86. The van der Waals surface area contributed by atoms with Crippen molar-refractivity contribution in [2.75, 3.05) is 13.7 Å². The zero-order chi connectivity index (χ0) is 15.2. The fraction of sp³-hybridized carbons (Fsp3) is 0.294. The molecule has 0 heterocycles.